The monoisotopic (exact) mass is 440 g/mol. The smallest absolute Gasteiger partial charge is 0.255 e. The third-order valence-electron chi connectivity index (χ3n) is 5.60. The first-order chi connectivity index (χ1) is 16.0. The lowest BCUT2D eigenvalue weighted by atomic mass is 9.94. The van der Waals surface area contributed by atoms with E-state index in [-0.39, 0.29) is 5.91 Å². The van der Waals surface area contributed by atoms with Crippen molar-refractivity contribution in [3.63, 3.8) is 0 Å². The van der Waals surface area contributed by atoms with E-state index in [0.29, 0.717) is 34.3 Å². The van der Waals surface area contributed by atoms with Gasteiger partial charge >= 0.3 is 0 Å². The van der Waals surface area contributed by atoms with Crippen LogP contribution in [0.25, 0.3) is 11.4 Å². The van der Waals surface area contributed by atoms with Gasteiger partial charge in [0.1, 0.15) is 11.9 Å². The zero-order chi connectivity index (χ0) is 22.9. The standard InChI is InChI=1S/C25H21FN6O/c1-15-8-3-4-10-18(15)23-30-25-28-16(2)21(24(33)29-17-9-7-13-27-14-17)22(32(25)31-23)19-11-5-6-12-20(19)26/h3-14,22H,1-2H3,(H,29,33)(H,28,30,31). The second-order valence-electron chi connectivity index (χ2n) is 7.80. The summed E-state index contributed by atoms with van der Waals surface area (Å²) < 4.78 is 16.6. The predicted molar refractivity (Wildman–Crippen MR) is 124 cm³/mol. The molecule has 1 amide bonds. The average molecular weight is 440 g/mol. The molecule has 3 heterocycles. The lowest BCUT2D eigenvalue weighted by molar-refractivity contribution is -0.113. The Labute approximate surface area is 190 Å². The average Bonchev–Trinajstić information content (AvgIpc) is 3.23. The van der Waals surface area contributed by atoms with E-state index >= 15 is 4.39 Å². The van der Waals surface area contributed by atoms with Gasteiger partial charge in [-0.15, -0.1) is 5.10 Å². The summed E-state index contributed by atoms with van der Waals surface area (Å²) in [4.78, 5) is 22.1. The molecule has 33 heavy (non-hydrogen) atoms. The highest BCUT2D eigenvalue weighted by atomic mass is 19.1. The van der Waals surface area contributed by atoms with Gasteiger partial charge in [0.15, 0.2) is 5.82 Å². The number of carbonyl (C=O) groups is 1. The van der Waals surface area contributed by atoms with Crippen molar-refractivity contribution in [2.75, 3.05) is 10.6 Å². The Morgan fingerprint density at radius 3 is 2.61 bits per heavy atom. The summed E-state index contributed by atoms with van der Waals surface area (Å²) in [7, 11) is 0. The van der Waals surface area contributed by atoms with Crippen LogP contribution in [0, 0.1) is 12.7 Å². The minimum Gasteiger partial charge on any atom is -0.328 e. The number of nitrogens with zero attached hydrogens (tertiary/aromatic N) is 4. The molecule has 2 aromatic carbocycles. The van der Waals surface area contributed by atoms with E-state index in [2.05, 4.69) is 20.6 Å². The van der Waals surface area contributed by atoms with E-state index in [1.54, 1.807) is 54.3 Å². The number of benzene rings is 2. The first kappa shape index (κ1) is 20.6. The van der Waals surface area contributed by atoms with Crippen LogP contribution in [0.15, 0.2) is 84.3 Å². The predicted octanol–water partition coefficient (Wildman–Crippen LogP) is 4.72. The number of carbonyl (C=O) groups excluding carboxylic acids is 1. The number of rotatable bonds is 4. The second kappa shape index (κ2) is 8.31. The van der Waals surface area contributed by atoms with Gasteiger partial charge in [0.05, 0.1) is 17.5 Å². The van der Waals surface area contributed by atoms with Crippen LogP contribution in [0.4, 0.5) is 16.0 Å². The molecular weight excluding hydrogens is 419 g/mol. The lowest BCUT2D eigenvalue weighted by Gasteiger charge is -2.28. The van der Waals surface area contributed by atoms with Crippen molar-refractivity contribution in [1.82, 2.24) is 19.7 Å². The van der Waals surface area contributed by atoms with Crippen molar-refractivity contribution in [2.24, 2.45) is 0 Å². The van der Waals surface area contributed by atoms with Gasteiger partial charge in [-0.3, -0.25) is 9.78 Å². The lowest BCUT2D eigenvalue weighted by Crippen LogP contribution is -2.32. The molecule has 0 aliphatic carbocycles. The van der Waals surface area contributed by atoms with Crippen molar-refractivity contribution < 1.29 is 9.18 Å². The second-order valence-corrected chi connectivity index (χ2v) is 7.80. The molecular formula is C25H21FN6O. The minimum absolute atomic E-state index is 0.331. The number of anilines is 2. The van der Waals surface area contributed by atoms with E-state index in [4.69, 9.17) is 5.10 Å². The Hall–Kier alpha value is -4.33. The van der Waals surface area contributed by atoms with E-state index < -0.39 is 11.9 Å². The first-order valence-electron chi connectivity index (χ1n) is 10.5. The van der Waals surface area contributed by atoms with E-state index in [1.807, 2.05) is 31.2 Å². The van der Waals surface area contributed by atoms with Gasteiger partial charge in [0, 0.05) is 23.0 Å². The van der Waals surface area contributed by atoms with Crippen LogP contribution in [0.2, 0.25) is 0 Å². The Balaban J connectivity index is 1.64. The van der Waals surface area contributed by atoms with Gasteiger partial charge in [0.25, 0.3) is 5.91 Å². The van der Waals surface area contributed by atoms with Crippen LogP contribution in [0.3, 0.4) is 0 Å². The van der Waals surface area contributed by atoms with Gasteiger partial charge < -0.3 is 10.6 Å². The Kier molecular flexibility index (Phi) is 5.18. The molecule has 2 N–H and O–H groups in total. The molecule has 0 spiro atoms. The number of aromatic nitrogens is 4. The third kappa shape index (κ3) is 3.76. The van der Waals surface area contributed by atoms with Gasteiger partial charge in [-0.2, -0.15) is 4.98 Å². The summed E-state index contributed by atoms with van der Waals surface area (Å²) in [5, 5.41) is 10.7. The number of aryl methyl sites for hydroxylation is 1. The molecule has 5 rings (SSSR count). The number of allylic oxidation sites excluding steroid dienone is 1. The van der Waals surface area contributed by atoms with Gasteiger partial charge in [-0.1, -0.05) is 42.5 Å². The topological polar surface area (TPSA) is 84.7 Å². The summed E-state index contributed by atoms with van der Waals surface area (Å²) in [6, 6.07) is 16.8. The first-order valence-corrected chi connectivity index (χ1v) is 10.5. The van der Waals surface area contributed by atoms with E-state index in [9.17, 15) is 4.79 Å². The molecule has 0 bridgehead atoms. The van der Waals surface area contributed by atoms with Crippen LogP contribution in [-0.2, 0) is 4.79 Å². The molecule has 1 unspecified atom stereocenters. The zero-order valence-corrected chi connectivity index (χ0v) is 18.1. The van der Waals surface area contributed by atoms with Crippen LogP contribution in [0.5, 0.6) is 0 Å². The fraction of sp³-hybridized carbons (Fsp3) is 0.120. The SMILES string of the molecule is CC1=C(C(=O)Nc2cccnc2)C(c2ccccc2F)n2nc(-c3ccccc3C)nc2N1. The maximum Gasteiger partial charge on any atom is 0.255 e. The summed E-state index contributed by atoms with van der Waals surface area (Å²) in [6.07, 6.45) is 3.18. The Morgan fingerprint density at radius 1 is 1.06 bits per heavy atom. The molecule has 0 fully saturated rings. The summed E-state index contributed by atoms with van der Waals surface area (Å²) in [6.45, 7) is 3.75. The van der Waals surface area contributed by atoms with Crippen LogP contribution < -0.4 is 10.6 Å². The van der Waals surface area contributed by atoms with Crippen LogP contribution in [0.1, 0.15) is 24.1 Å². The summed E-state index contributed by atoms with van der Waals surface area (Å²) >= 11 is 0. The van der Waals surface area contributed by atoms with Crippen LogP contribution in [-0.4, -0.2) is 25.7 Å². The van der Waals surface area contributed by atoms with E-state index in [1.165, 1.54) is 6.07 Å². The number of fused-ring (bicyclic) bond motifs is 1. The Bertz CT molecular complexity index is 1380. The highest BCUT2D eigenvalue weighted by Crippen LogP contribution is 2.38. The van der Waals surface area contributed by atoms with Crippen LogP contribution >= 0.6 is 0 Å². The number of hydrogen-bond donors (Lipinski definition) is 2. The number of halogens is 1. The van der Waals surface area contributed by atoms with Crippen molar-refractivity contribution in [1.29, 1.82) is 0 Å². The van der Waals surface area contributed by atoms with Crippen molar-refractivity contribution in [3.8, 4) is 11.4 Å². The fourth-order valence-electron chi connectivity index (χ4n) is 4.00. The quantitative estimate of drug-likeness (QED) is 0.480. The highest BCUT2D eigenvalue weighted by molar-refractivity contribution is 6.06. The molecule has 0 saturated heterocycles. The van der Waals surface area contributed by atoms with Gasteiger partial charge in [-0.05, 0) is 37.6 Å². The molecule has 1 aliphatic rings. The molecule has 0 radical (unpaired) electrons. The normalized spacial score (nSPS) is 15.1. The van der Waals surface area contributed by atoms with Crippen molar-refractivity contribution >= 4 is 17.5 Å². The summed E-state index contributed by atoms with van der Waals surface area (Å²) in [5.41, 5.74) is 3.67. The number of pyridine rings is 1. The number of amides is 1. The third-order valence-corrected chi connectivity index (χ3v) is 5.60. The zero-order valence-electron chi connectivity index (χ0n) is 18.1. The highest BCUT2D eigenvalue weighted by Gasteiger charge is 2.36. The maximum absolute atomic E-state index is 15.0. The molecule has 1 aliphatic heterocycles. The molecule has 0 saturated carbocycles. The fourth-order valence-corrected chi connectivity index (χ4v) is 4.00. The maximum atomic E-state index is 15.0. The number of hydrogen-bond acceptors (Lipinski definition) is 5. The van der Waals surface area contributed by atoms with E-state index in [0.717, 1.165) is 11.1 Å². The largest absolute Gasteiger partial charge is 0.328 e. The van der Waals surface area contributed by atoms with Crippen molar-refractivity contribution in [3.05, 3.63) is 101 Å². The minimum atomic E-state index is -0.801. The molecule has 2 aromatic heterocycles. The molecule has 8 heteroatoms. The molecule has 4 aromatic rings. The van der Waals surface area contributed by atoms with Gasteiger partial charge in [-0.25, -0.2) is 9.07 Å². The Morgan fingerprint density at radius 2 is 1.85 bits per heavy atom. The van der Waals surface area contributed by atoms with Gasteiger partial charge in [0.2, 0.25) is 5.95 Å². The molecule has 1 atom stereocenters. The molecule has 7 nitrogen and oxygen atoms in total. The molecule has 164 valence electrons. The van der Waals surface area contributed by atoms with Crippen molar-refractivity contribution in [2.45, 2.75) is 19.9 Å². The summed E-state index contributed by atoms with van der Waals surface area (Å²) in [5.74, 6) is 0.137. The number of nitrogens with one attached hydrogen (secondary N) is 2.